The molecule has 0 aromatic carbocycles. The van der Waals surface area contributed by atoms with Gasteiger partial charge in [0.1, 0.15) is 11.0 Å². The molecule has 0 spiro atoms. The van der Waals surface area contributed by atoms with Crippen LogP contribution in [0.2, 0.25) is 5.15 Å². The smallest absolute Gasteiger partial charge is 0.254 e. The van der Waals surface area contributed by atoms with Crippen LogP contribution in [0.25, 0.3) is 0 Å². The summed E-state index contributed by atoms with van der Waals surface area (Å²) in [5.74, 6) is 0.953. The second-order valence-electron chi connectivity index (χ2n) is 5.37. The van der Waals surface area contributed by atoms with E-state index in [1.54, 1.807) is 30.3 Å². The number of pyridine rings is 1. The SMILES string of the molecule is CC(C)c1cc(C(=O)N(C)Cc2nccn2C)cc(Cl)n1. The molecule has 0 aliphatic rings. The Balaban J connectivity index is 2.21. The number of carbonyl (C=O) groups excluding carboxylic acids is 1. The topological polar surface area (TPSA) is 51.0 Å². The highest BCUT2D eigenvalue weighted by Gasteiger charge is 2.16. The molecule has 0 atom stereocenters. The second-order valence-corrected chi connectivity index (χ2v) is 5.76. The molecule has 0 saturated carbocycles. The Morgan fingerprint density at radius 1 is 1.43 bits per heavy atom. The fourth-order valence-corrected chi connectivity index (χ4v) is 2.20. The summed E-state index contributed by atoms with van der Waals surface area (Å²) in [5, 5.41) is 0.343. The molecule has 0 N–H and O–H groups in total. The molecule has 1 amide bonds. The normalized spacial score (nSPS) is 11.0. The number of carbonyl (C=O) groups is 1. The largest absolute Gasteiger partial charge is 0.337 e. The second kappa shape index (κ2) is 6.26. The first-order valence-corrected chi connectivity index (χ1v) is 7.15. The molecule has 0 unspecified atom stereocenters. The maximum atomic E-state index is 12.5. The lowest BCUT2D eigenvalue weighted by Crippen LogP contribution is -2.27. The first kappa shape index (κ1) is 15.5. The predicted molar refractivity (Wildman–Crippen MR) is 82.3 cm³/mol. The first-order chi connectivity index (χ1) is 9.88. The quantitative estimate of drug-likeness (QED) is 0.816. The van der Waals surface area contributed by atoms with Gasteiger partial charge in [-0.15, -0.1) is 0 Å². The maximum Gasteiger partial charge on any atom is 0.254 e. The van der Waals surface area contributed by atoms with E-state index in [1.807, 2.05) is 31.7 Å². The summed E-state index contributed by atoms with van der Waals surface area (Å²) in [7, 11) is 3.65. The Morgan fingerprint density at radius 3 is 2.71 bits per heavy atom. The van der Waals surface area contributed by atoms with Gasteiger partial charge < -0.3 is 9.47 Å². The van der Waals surface area contributed by atoms with Crippen LogP contribution in [-0.2, 0) is 13.6 Å². The van der Waals surface area contributed by atoms with E-state index in [0.717, 1.165) is 11.5 Å². The van der Waals surface area contributed by atoms with Crippen LogP contribution in [0.15, 0.2) is 24.5 Å². The number of amides is 1. The van der Waals surface area contributed by atoms with Crippen molar-refractivity contribution in [2.45, 2.75) is 26.3 Å². The number of halogens is 1. The Labute approximate surface area is 129 Å². The molecule has 2 rings (SSSR count). The van der Waals surface area contributed by atoms with Gasteiger partial charge in [-0.2, -0.15) is 0 Å². The molecule has 0 saturated heterocycles. The highest BCUT2D eigenvalue weighted by Crippen LogP contribution is 2.19. The van der Waals surface area contributed by atoms with E-state index in [2.05, 4.69) is 9.97 Å². The van der Waals surface area contributed by atoms with E-state index < -0.39 is 0 Å². The van der Waals surface area contributed by atoms with Crippen LogP contribution in [0.3, 0.4) is 0 Å². The summed E-state index contributed by atoms with van der Waals surface area (Å²) in [6, 6.07) is 3.40. The van der Waals surface area contributed by atoms with E-state index in [1.165, 1.54) is 0 Å². The minimum absolute atomic E-state index is 0.0933. The van der Waals surface area contributed by atoms with Crippen molar-refractivity contribution in [3.63, 3.8) is 0 Å². The monoisotopic (exact) mass is 306 g/mol. The van der Waals surface area contributed by atoms with Crippen LogP contribution < -0.4 is 0 Å². The van der Waals surface area contributed by atoms with Crippen LogP contribution in [0.1, 0.15) is 41.6 Å². The zero-order chi connectivity index (χ0) is 15.6. The molecule has 5 nitrogen and oxygen atoms in total. The van der Waals surface area contributed by atoms with Crippen molar-refractivity contribution in [1.29, 1.82) is 0 Å². The summed E-state index contributed by atoms with van der Waals surface area (Å²) in [6.07, 6.45) is 3.57. The molecule has 6 heteroatoms. The standard InChI is InChI=1S/C15H19ClN4O/c1-10(2)12-7-11(8-13(16)18-12)15(21)20(4)9-14-17-5-6-19(14)3/h5-8,10H,9H2,1-4H3. The van der Waals surface area contributed by atoms with E-state index in [9.17, 15) is 4.79 Å². The predicted octanol–water partition coefficient (Wildman–Crippen LogP) is 2.86. The average molecular weight is 307 g/mol. The fourth-order valence-electron chi connectivity index (χ4n) is 1.99. The van der Waals surface area contributed by atoms with E-state index in [0.29, 0.717) is 17.3 Å². The molecule has 0 bridgehead atoms. The van der Waals surface area contributed by atoms with Crippen LogP contribution in [0.5, 0.6) is 0 Å². The first-order valence-electron chi connectivity index (χ1n) is 6.77. The van der Waals surface area contributed by atoms with Gasteiger partial charge in [0.05, 0.1) is 6.54 Å². The lowest BCUT2D eigenvalue weighted by molar-refractivity contribution is 0.0780. The average Bonchev–Trinajstić information content (AvgIpc) is 2.82. The summed E-state index contributed by atoms with van der Waals surface area (Å²) in [6.45, 7) is 4.48. The summed E-state index contributed by atoms with van der Waals surface area (Å²) >= 11 is 6.01. The third kappa shape index (κ3) is 3.61. The van der Waals surface area contributed by atoms with Gasteiger partial charge in [-0.05, 0) is 18.1 Å². The molecule has 2 aromatic rings. The minimum atomic E-state index is -0.0933. The van der Waals surface area contributed by atoms with Crippen LogP contribution in [0, 0.1) is 0 Å². The summed E-state index contributed by atoms with van der Waals surface area (Å²) in [5.41, 5.74) is 1.37. The van der Waals surface area contributed by atoms with Crippen molar-refractivity contribution in [2.75, 3.05) is 7.05 Å². The number of imidazole rings is 1. The summed E-state index contributed by atoms with van der Waals surface area (Å²) < 4.78 is 1.89. The molecule has 0 fully saturated rings. The molecule has 2 aromatic heterocycles. The highest BCUT2D eigenvalue weighted by molar-refractivity contribution is 6.29. The van der Waals surface area contributed by atoms with Gasteiger partial charge in [-0.3, -0.25) is 4.79 Å². The number of aromatic nitrogens is 3. The molecule has 0 aliphatic heterocycles. The zero-order valence-corrected chi connectivity index (χ0v) is 13.4. The Bertz CT molecular complexity index is 651. The lowest BCUT2D eigenvalue weighted by Gasteiger charge is -2.18. The highest BCUT2D eigenvalue weighted by atomic mass is 35.5. The minimum Gasteiger partial charge on any atom is -0.337 e. The van der Waals surface area contributed by atoms with E-state index >= 15 is 0 Å². The molecule has 112 valence electrons. The van der Waals surface area contributed by atoms with Crippen molar-refractivity contribution in [3.05, 3.63) is 46.8 Å². The van der Waals surface area contributed by atoms with Gasteiger partial charge in [-0.1, -0.05) is 25.4 Å². The molecular weight excluding hydrogens is 288 g/mol. The van der Waals surface area contributed by atoms with Gasteiger partial charge >= 0.3 is 0 Å². The van der Waals surface area contributed by atoms with Gasteiger partial charge in [0.15, 0.2) is 0 Å². The summed E-state index contributed by atoms with van der Waals surface area (Å²) in [4.78, 5) is 22.6. The zero-order valence-electron chi connectivity index (χ0n) is 12.7. The third-order valence-electron chi connectivity index (χ3n) is 3.30. The van der Waals surface area contributed by atoms with Gasteiger partial charge in [-0.25, -0.2) is 9.97 Å². The number of hydrogen-bond acceptors (Lipinski definition) is 3. The number of rotatable bonds is 4. The third-order valence-corrected chi connectivity index (χ3v) is 3.49. The molecular formula is C15H19ClN4O. The fraction of sp³-hybridized carbons (Fsp3) is 0.400. The van der Waals surface area contributed by atoms with Gasteiger partial charge in [0.2, 0.25) is 0 Å². The van der Waals surface area contributed by atoms with Crippen LogP contribution >= 0.6 is 11.6 Å². The van der Waals surface area contributed by atoms with E-state index in [-0.39, 0.29) is 11.8 Å². The lowest BCUT2D eigenvalue weighted by atomic mass is 10.1. The number of nitrogens with zero attached hydrogens (tertiary/aromatic N) is 4. The molecule has 0 aliphatic carbocycles. The van der Waals surface area contributed by atoms with Crippen LogP contribution in [0.4, 0.5) is 0 Å². The van der Waals surface area contributed by atoms with E-state index in [4.69, 9.17) is 11.6 Å². The molecule has 0 radical (unpaired) electrons. The maximum absolute atomic E-state index is 12.5. The van der Waals surface area contributed by atoms with Gasteiger partial charge in [0.25, 0.3) is 5.91 Å². The molecule has 2 heterocycles. The number of hydrogen-bond donors (Lipinski definition) is 0. The molecule has 21 heavy (non-hydrogen) atoms. The van der Waals surface area contributed by atoms with Crippen molar-refractivity contribution in [2.24, 2.45) is 7.05 Å². The van der Waals surface area contributed by atoms with Crippen molar-refractivity contribution in [1.82, 2.24) is 19.4 Å². The van der Waals surface area contributed by atoms with Crippen molar-refractivity contribution in [3.8, 4) is 0 Å². The van der Waals surface area contributed by atoms with Crippen molar-refractivity contribution < 1.29 is 4.79 Å². The Hall–Kier alpha value is -1.88. The van der Waals surface area contributed by atoms with Crippen LogP contribution in [-0.4, -0.2) is 32.4 Å². The Morgan fingerprint density at radius 2 is 2.14 bits per heavy atom. The van der Waals surface area contributed by atoms with Crippen molar-refractivity contribution >= 4 is 17.5 Å². The Kier molecular flexibility index (Phi) is 4.63. The number of aryl methyl sites for hydroxylation is 1. The van der Waals surface area contributed by atoms with Gasteiger partial charge in [0, 0.05) is 37.7 Å².